The Morgan fingerprint density at radius 2 is 2.06 bits per heavy atom. The molecule has 1 aromatic rings. The highest BCUT2D eigenvalue weighted by atomic mass is 35.5. The first kappa shape index (κ1) is 13.4. The van der Waals surface area contributed by atoms with E-state index in [1.54, 1.807) is 12.3 Å². The second-order valence-electron chi connectivity index (χ2n) is 3.89. The van der Waals surface area contributed by atoms with Gasteiger partial charge in [0.1, 0.15) is 0 Å². The topological polar surface area (TPSA) is 24.9 Å². The molecule has 0 spiro atoms. The first-order chi connectivity index (χ1) is 6.83. The minimum absolute atomic E-state index is 0. The summed E-state index contributed by atoms with van der Waals surface area (Å²) in [5, 5.41) is 3.48. The van der Waals surface area contributed by atoms with E-state index in [0.29, 0.717) is 12.1 Å². The zero-order valence-electron chi connectivity index (χ0n) is 8.52. The molecule has 1 fully saturated rings. The second-order valence-corrected chi connectivity index (χ2v) is 3.89. The maximum Gasteiger partial charge on any atom is 0.212 e. The summed E-state index contributed by atoms with van der Waals surface area (Å²) < 4.78 is 12.6. The molecule has 2 aliphatic heterocycles. The van der Waals surface area contributed by atoms with E-state index in [1.165, 1.54) is 24.5 Å². The van der Waals surface area contributed by atoms with Gasteiger partial charge in [0, 0.05) is 18.3 Å². The van der Waals surface area contributed by atoms with Gasteiger partial charge in [-0.15, -0.1) is 24.8 Å². The predicted octanol–water partition coefficient (Wildman–Crippen LogP) is 2.58. The van der Waals surface area contributed by atoms with Crippen molar-refractivity contribution in [2.45, 2.75) is 24.9 Å². The summed E-state index contributed by atoms with van der Waals surface area (Å²) >= 11 is 0. The highest BCUT2D eigenvalue weighted by molar-refractivity contribution is 5.85. The van der Waals surface area contributed by atoms with E-state index < -0.39 is 5.95 Å². The normalized spacial score (nSPS) is 25.7. The van der Waals surface area contributed by atoms with Gasteiger partial charge in [-0.25, -0.2) is 4.98 Å². The molecule has 1 aromatic heterocycles. The smallest absolute Gasteiger partial charge is 0.212 e. The van der Waals surface area contributed by atoms with Crippen molar-refractivity contribution in [1.29, 1.82) is 0 Å². The van der Waals surface area contributed by atoms with Crippen molar-refractivity contribution >= 4 is 30.4 Å². The third-order valence-corrected chi connectivity index (χ3v) is 3.00. The molecule has 1 saturated heterocycles. The minimum atomic E-state index is -0.412. The van der Waals surface area contributed by atoms with E-state index in [4.69, 9.17) is 0 Å². The summed E-state index contributed by atoms with van der Waals surface area (Å²) in [6.07, 6.45) is 6.27. The Morgan fingerprint density at radius 3 is 2.56 bits per heavy atom. The van der Waals surface area contributed by atoms with Crippen LogP contribution in [0.3, 0.4) is 0 Å². The third-order valence-electron chi connectivity index (χ3n) is 3.00. The molecule has 0 saturated carbocycles. The van der Waals surface area contributed by atoms with E-state index in [9.17, 15) is 4.39 Å². The average Bonchev–Trinajstić information content (AvgIpc) is 2.80. The van der Waals surface area contributed by atoms with Crippen molar-refractivity contribution in [3.63, 3.8) is 0 Å². The molecule has 1 N–H and O–H groups in total. The van der Waals surface area contributed by atoms with Crippen LogP contribution in [-0.4, -0.2) is 17.1 Å². The number of nitrogens with one attached hydrogen (secondary N) is 1. The molecule has 3 rings (SSSR count). The van der Waals surface area contributed by atoms with Crippen LogP contribution in [0.2, 0.25) is 0 Å². The number of pyridine rings is 1. The van der Waals surface area contributed by atoms with Crippen molar-refractivity contribution in [2.75, 3.05) is 0 Å². The molecule has 2 bridgehead atoms. The SMILES string of the molecule is Cl.Cl.Fc1ccc(C2=C[C@@H]3CC[C@H]2N3)cn1. The summed E-state index contributed by atoms with van der Waals surface area (Å²) in [6, 6.07) is 4.21. The van der Waals surface area contributed by atoms with E-state index in [1.807, 2.05) is 0 Å². The Balaban J connectivity index is 0.000000640. The van der Waals surface area contributed by atoms with Gasteiger partial charge in [0.05, 0.1) is 0 Å². The summed E-state index contributed by atoms with van der Waals surface area (Å²) in [6.45, 7) is 0. The van der Waals surface area contributed by atoms with E-state index >= 15 is 0 Å². The number of halogens is 3. The quantitative estimate of drug-likeness (QED) is 0.788. The Hall–Kier alpha value is -0.640. The van der Waals surface area contributed by atoms with Gasteiger partial charge >= 0.3 is 0 Å². The zero-order valence-corrected chi connectivity index (χ0v) is 10.2. The number of fused-ring (bicyclic) bond motifs is 2. The molecule has 0 radical (unpaired) electrons. The molecule has 2 aliphatic rings. The van der Waals surface area contributed by atoms with Gasteiger partial charge < -0.3 is 5.32 Å². The lowest BCUT2D eigenvalue weighted by Gasteiger charge is -2.11. The molecule has 5 heteroatoms. The molecule has 2 nitrogen and oxygen atoms in total. The van der Waals surface area contributed by atoms with Crippen LogP contribution >= 0.6 is 24.8 Å². The molecule has 3 heterocycles. The zero-order chi connectivity index (χ0) is 9.54. The van der Waals surface area contributed by atoms with Crippen LogP contribution in [0.15, 0.2) is 24.4 Å². The fourth-order valence-electron chi connectivity index (χ4n) is 2.32. The van der Waals surface area contributed by atoms with Crippen LogP contribution in [0, 0.1) is 5.95 Å². The van der Waals surface area contributed by atoms with Crippen molar-refractivity contribution in [3.05, 3.63) is 35.9 Å². The fraction of sp³-hybridized carbons (Fsp3) is 0.364. The average molecular weight is 263 g/mol. The number of nitrogens with zero attached hydrogens (tertiary/aromatic N) is 1. The second kappa shape index (κ2) is 5.13. The van der Waals surface area contributed by atoms with Gasteiger partial charge in [0.2, 0.25) is 5.95 Å². The van der Waals surface area contributed by atoms with E-state index in [2.05, 4.69) is 16.4 Å². The van der Waals surface area contributed by atoms with E-state index in [0.717, 1.165) is 5.56 Å². The van der Waals surface area contributed by atoms with Crippen LogP contribution in [0.25, 0.3) is 5.57 Å². The molecule has 2 atom stereocenters. The summed E-state index contributed by atoms with van der Waals surface area (Å²) in [4.78, 5) is 3.67. The van der Waals surface area contributed by atoms with E-state index in [-0.39, 0.29) is 24.8 Å². The predicted molar refractivity (Wildman–Crippen MR) is 66.6 cm³/mol. The van der Waals surface area contributed by atoms with Gasteiger partial charge in [-0.3, -0.25) is 0 Å². The molecule has 88 valence electrons. The highest BCUT2D eigenvalue weighted by Gasteiger charge is 2.32. The summed E-state index contributed by atoms with van der Waals surface area (Å²) in [5.41, 5.74) is 2.33. The number of aromatic nitrogens is 1. The fourth-order valence-corrected chi connectivity index (χ4v) is 2.32. The van der Waals surface area contributed by atoms with Crippen molar-refractivity contribution in [2.24, 2.45) is 0 Å². The van der Waals surface area contributed by atoms with Crippen molar-refractivity contribution < 1.29 is 4.39 Å². The van der Waals surface area contributed by atoms with Gasteiger partial charge in [-0.05, 0) is 36.1 Å². The number of hydrogen-bond donors (Lipinski definition) is 1. The first-order valence-electron chi connectivity index (χ1n) is 4.92. The molecular weight excluding hydrogens is 250 g/mol. The largest absolute Gasteiger partial charge is 0.304 e. The van der Waals surface area contributed by atoms with Crippen LogP contribution < -0.4 is 5.32 Å². The Kier molecular flexibility index (Phi) is 4.30. The maximum atomic E-state index is 12.6. The van der Waals surface area contributed by atoms with Gasteiger partial charge in [-0.2, -0.15) is 4.39 Å². The van der Waals surface area contributed by atoms with Crippen LogP contribution in [-0.2, 0) is 0 Å². The Labute approximate surface area is 106 Å². The molecule has 16 heavy (non-hydrogen) atoms. The van der Waals surface area contributed by atoms with Gasteiger partial charge in [0.25, 0.3) is 0 Å². The standard InChI is InChI=1S/C11H11FN2.2ClH/c12-11-4-1-7(6-13-11)9-5-8-2-3-10(9)14-8;;/h1,4-6,8,10,14H,2-3H2;2*1H/t8-,10+;;/m0../s1. The Morgan fingerprint density at radius 1 is 1.25 bits per heavy atom. The highest BCUT2D eigenvalue weighted by Crippen LogP contribution is 2.33. The molecular formula is C11H13Cl2FN2. The van der Waals surface area contributed by atoms with Gasteiger partial charge in [0.15, 0.2) is 0 Å². The monoisotopic (exact) mass is 262 g/mol. The summed E-state index contributed by atoms with van der Waals surface area (Å²) in [5.74, 6) is -0.412. The van der Waals surface area contributed by atoms with Gasteiger partial charge in [-0.1, -0.05) is 6.08 Å². The molecule has 0 unspecified atom stereocenters. The molecule has 0 aliphatic carbocycles. The first-order valence-corrected chi connectivity index (χ1v) is 4.92. The maximum absolute atomic E-state index is 12.6. The molecule has 0 amide bonds. The Bertz CT molecular complexity index is 391. The third kappa shape index (κ3) is 2.21. The van der Waals surface area contributed by atoms with Crippen molar-refractivity contribution in [1.82, 2.24) is 10.3 Å². The van der Waals surface area contributed by atoms with Crippen LogP contribution in [0.5, 0.6) is 0 Å². The van der Waals surface area contributed by atoms with Crippen molar-refractivity contribution in [3.8, 4) is 0 Å². The number of hydrogen-bond acceptors (Lipinski definition) is 2. The van der Waals surface area contributed by atoms with Crippen LogP contribution in [0.4, 0.5) is 4.39 Å². The van der Waals surface area contributed by atoms with Crippen LogP contribution in [0.1, 0.15) is 18.4 Å². The lowest BCUT2D eigenvalue weighted by molar-refractivity contribution is 0.583. The lowest BCUT2D eigenvalue weighted by atomic mass is 9.94. The minimum Gasteiger partial charge on any atom is -0.304 e. The number of rotatable bonds is 1. The molecule has 0 aromatic carbocycles. The summed E-state index contributed by atoms with van der Waals surface area (Å²) in [7, 11) is 0. The lowest BCUT2D eigenvalue weighted by Crippen LogP contribution is -2.21.